The molecular formula is C56H39NO. The first-order valence-corrected chi connectivity index (χ1v) is 19.8. The second kappa shape index (κ2) is 15.5. The number of furan rings is 1. The van der Waals surface area contributed by atoms with Crippen LogP contribution >= 0.6 is 0 Å². The molecule has 0 bridgehead atoms. The van der Waals surface area contributed by atoms with Gasteiger partial charge in [0.2, 0.25) is 0 Å². The van der Waals surface area contributed by atoms with Crippen LogP contribution in [0.25, 0.3) is 77.9 Å². The second-order valence-electron chi connectivity index (χ2n) is 14.5. The first kappa shape index (κ1) is 34.8. The van der Waals surface area contributed by atoms with Crippen LogP contribution in [0, 0.1) is 0 Å². The summed E-state index contributed by atoms with van der Waals surface area (Å²) in [4.78, 5) is 2.34. The Balaban J connectivity index is 1.02. The van der Waals surface area contributed by atoms with Gasteiger partial charge in [0.25, 0.3) is 0 Å². The average Bonchev–Trinajstić information content (AvgIpc) is 3.71. The fourth-order valence-electron chi connectivity index (χ4n) is 8.06. The number of benzene rings is 9. The van der Waals surface area contributed by atoms with Gasteiger partial charge in [0.15, 0.2) is 0 Å². The highest BCUT2D eigenvalue weighted by atomic mass is 16.3. The third kappa shape index (κ3) is 6.78. The second-order valence-corrected chi connectivity index (χ2v) is 14.5. The van der Waals surface area contributed by atoms with Crippen molar-refractivity contribution in [3.63, 3.8) is 0 Å². The van der Waals surface area contributed by atoms with E-state index in [4.69, 9.17) is 4.42 Å². The molecule has 274 valence electrons. The van der Waals surface area contributed by atoms with E-state index >= 15 is 0 Å². The number of anilines is 3. The highest BCUT2D eigenvalue weighted by Gasteiger charge is 2.19. The number of hydrogen-bond acceptors (Lipinski definition) is 2. The Morgan fingerprint density at radius 3 is 1.26 bits per heavy atom. The topological polar surface area (TPSA) is 16.4 Å². The third-order valence-electron chi connectivity index (χ3n) is 10.9. The molecule has 0 aliphatic carbocycles. The molecule has 1 heterocycles. The van der Waals surface area contributed by atoms with Crippen molar-refractivity contribution in [1.29, 1.82) is 0 Å². The van der Waals surface area contributed by atoms with E-state index in [0.29, 0.717) is 0 Å². The van der Waals surface area contributed by atoms with Crippen molar-refractivity contribution in [3.05, 3.63) is 237 Å². The van der Waals surface area contributed by atoms with Crippen LogP contribution in [0.2, 0.25) is 0 Å². The van der Waals surface area contributed by atoms with Crippen molar-refractivity contribution in [2.75, 3.05) is 4.90 Å². The van der Waals surface area contributed by atoms with Gasteiger partial charge >= 0.3 is 0 Å². The summed E-state index contributed by atoms with van der Waals surface area (Å²) in [6.45, 7) is 0. The van der Waals surface area contributed by atoms with Crippen molar-refractivity contribution in [2.45, 2.75) is 0 Å². The van der Waals surface area contributed by atoms with Gasteiger partial charge < -0.3 is 9.32 Å². The molecule has 0 radical (unpaired) electrons. The van der Waals surface area contributed by atoms with Crippen LogP contribution < -0.4 is 4.90 Å². The minimum Gasteiger partial charge on any atom is -0.455 e. The van der Waals surface area contributed by atoms with Crippen molar-refractivity contribution in [1.82, 2.24) is 0 Å². The molecule has 0 amide bonds. The molecule has 2 heteroatoms. The molecule has 0 saturated heterocycles. The molecule has 0 atom stereocenters. The van der Waals surface area contributed by atoms with E-state index in [0.717, 1.165) is 61.6 Å². The van der Waals surface area contributed by atoms with Gasteiger partial charge in [0.05, 0.1) is 0 Å². The van der Waals surface area contributed by atoms with Gasteiger partial charge in [0, 0.05) is 33.6 Å². The Morgan fingerprint density at radius 1 is 0.276 bits per heavy atom. The van der Waals surface area contributed by atoms with E-state index in [1.165, 1.54) is 33.4 Å². The average molecular weight is 742 g/mol. The zero-order chi connectivity index (χ0) is 38.7. The Labute approximate surface area is 339 Å². The molecule has 0 saturated carbocycles. The number of nitrogens with zero attached hydrogens (tertiary/aromatic N) is 1. The molecule has 2 nitrogen and oxygen atoms in total. The van der Waals surface area contributed by atoms with E-state index in [9.17, 15) is 0 Å². The summed E-state index contributed by atoms with van der Waals surface area (Å²) in [5.41, 5.74) is 16.9. The van der Waals surface area contributed by atoms with Gasteiger partial charge in [-0.3, -0.25) is 0 Å². The summed E-state index contributed by atoms with van der Waals surface area (Å²) in [6, 6.07) is 84.0. The first-order valence-electron chi connectivity index (χ1n) is 19.8. The lowest BCUT2D eigenvalue weighted by Gasteiger charge is -2.26. The fraction of sp³-hybridized carbons (Fsp3) is 0. The molecule has 58 heavy (non-hydrogen) atoms. The Hall–Kier alpha value is -7.68. The summed E-state index contributed by atoms with van der Waals surface area (Å²) >= 11 is 0. The standard InChI is InChI=1S/C56H39NO/c1-4-15-40(16-5-1)41-27-33-48(34-28-41)57(50-37-31-44(32-38-50)52-24-11-10-23-51(52)43-17-6-2-7-18-43)49-35-29-42(30-36-49)46-21-14-22-47(39-46)56-55(45-19-8-3-9-20-45)53-25-12-13-26-54(53)58-56/h1-39H. The van der Waals surface area contributed by atoms with Crippen molar-refractivity contribution in [3.8, 4) is 67.0 Å². The molecule has 0 spiro atoms. The zero-order valence-corrected chi connectivity index (χ0v) is 31.9. The summed E-state index contributed by atoms with van der Waals surface area (Å²) < 4.78 is 6.57. The molecule has 10 rings (SSSR count). The SMILES string of the molecule is c1ccc(-c2ccc(N(c3ccc(-c4cccc(-c5oc6ccccc6c5-c5ccccc5)c4)cc3)c3ccc(-c4ccccc4-c4ccccc4)cc3)cc2)cc1. The molecule has 0 aliphatic heterocycles. The van der Waals surface area contributed by atoms with Gasteiger partial charge in [-0.2, -0.15) is 0 Å². The number of hydrogen-bond donors (Lipinski definition) is 0. The van der Waals surface area contributed by atoms with Gasteiger partial charge in [-0.05, 0) is 98.6 Å². The lowest BCUT2D eigenvalue weighted by Crippen LogP contribution is -2.09. The van der Waals surface area contributed by atoms with Crippen LogP contribution in [0.5, 0.6) is 0 Å². The van der Waals surface area contributed by atoms with Crippen LogP contribution in [0.15, 0.2) is 241 Å². The smallest absolute Gasteiger partial charge is 0.143 e. The zero-order valence-electron chi connectivity index (χ0n) is 31.9. The highest BCUT2D eigenvalue weighted by molar-refractivity contribution is 6.02. The van der Waals surface area contributed by atoms with Crippen molar-refractivity contribution < 1.29 is 4.42 Å². The summed E-state index contributed by atoms with van der Waals surface area (Å²) in [5, 5.41) is 1.11. The number of para-hydroxylation sites is 1. The van der Waals surface area contributed by atoms with Crippen LogP contribution in [0.4, 0.5) is 17.1 Å². The Kier molecular flexibility index (Phi) is 9.27. The molecule has 9 aromatic carbocycles. The number of rotatable bonds is 9. The maximum atomic E-state index is 6.57. The summed E-state index contributed by atoms with van der Waals surface area (Å²) in [7, 11) is 0. The van der Waals surface area contributed by atoms with Crippen molar-refractivity contribution in [2.24, 2.45) is 0 Å². The fourth-order valence-corrected chi connectivity index (χ4v) is 8.06. The molecule has 0 unspecified atom stereocenters. The van der Waals surface area contributed by atoms with Gasteiger partial charge in [-0.25, -0.2) is 0 Å². The van der Waals surface area contributed by atoms with Gasteiger partial charge in [-0.1, -0.05) is 188 Å². The predicted octanol–water partition coefficient (Wildman–Crippen LogP) is 15.9. The highest BCUT2D eigenvalue weighted by Crippen LogP contribution is 2.43. The Morgan fingerprint density at radius 2 is 0.672 bits per heavy atom. The van der Waals surface area contributed by atoms with E-state index < -0.39 is 0 Å². The van der Waals surface area contributed by atoms with E-state index in [1.807, 2.05) is 12.1 Å². The van der Waals surface area contributed by atoms with Gasteiger partial charge in [0.1, 0.15) is 11.3 Å². The largest absolute Gasteiger partial charge is 0.455 e. The summed E-state index contributed by atoms with van der Waals surface area (Å²) in [6.07, 6.45) is 0. The number of fused-ring (bicyclic) bond motifs is 1. The molecule has 0 fully saturated rings. The lowest BCUT2D eigenvalue weighted by atomic mass is 9.94. The van der Waals surface area contributed by atoms with Crippen LogP contribution in [-0.2, 0) is 0 Å². The molecule has 0 aliphatic rings. The van der Waals surface area contributed by atoms with E-state index in [1.54, 1.807) is 0 Å². The minimum absolute atomic E-state index is 0.880. The monoisotopic (exact) mass is 741 g/mol. The molecule has 1 aromatic heterocycles. The maximum Gasteiger partial charge on any atom is 0.143 e. The quantitative estimate of drug-likeness (QED) is 0.146. The Bertz CT molecular complexity index is 2950. The summed E-state index contributed by atoms with van der Waals surface area (Å²) in [5.74, 6) is 0.880. The minimum atomic E-state index is 0.880. The first-order chi connectivity index (χ1) is 28.8. The van der Waals surface area contributed by atoms with Crippen LogP contribution in [0.1, 0.15) is 0 Å². The maximum absolute atomic E-state index is 6.57. The third-order valence-corrected chi connectivity index (χ3v) is 10.9. The van der Waals surface area contributed by atoms with E-state index in [2.05, 4.69) is 229 Å². The van der Waals surface area contributed by atoms with Gasteiger partial charge in [-0.15, -0.1) is 0 Å². The normalized spacial score (nSPS) is 11.1. The van der Waals surface area contributed by atoms with Crippen molar-refractivity contribution >= 4 is 28.0 Å². The predicted molar refractivity (Wildman–Crippen MR) is 244 cm³/mol. The molecule has 0 N–H and O–H groups in total. The lowest BCUT2D eigenvalue weighted by molar-refractivity contribution is 0.632. The van der Waals surface area contributed by atoms with Crippen LogP contribution in [-0.4, -0.2) is 0 Å². The molecular weight excluding hydrogens is 703 g/mol. The molecule has 10 aromatic rings. The van der Waals surface area contributed by atoms with Crippen LogP contribution in [0.3, 0.4) is 0 Å². The van der Waals surface area contributed by atoms with E-state index in [-0.39, 0.29) is 0 Å².